The summed E-state index contributed by atoms with van der Waals surface area (Å²) in [6, 6.07) is 3.98. The molecule has 3 nitrogen and oxygen atoms in total. The molecular weight excluding hydrogens is 206 g/mol. The molecule has 1 atom stereocenters. The predicted molar refractivity (Wildman–Crippen MR) is 62.1 cm³/mol. The molecule has 1 aliphatic rings. The first-order chi connectivity index (χ1) is 7.42. The Hall–Kier alpha value is -1.00. The molecule has 1 aliphatic heterocycles. The van der Waals surface area contributed by atoms with Gasteiger partial charge in [-0.3, -0.25) is 0 Å². The first kappa shape index (κ1) is 9.24. The van der Waals surface area contributed by atoms with Crippen LogP contribution in [0.5, 0.6) is 0 Å². The first-order valence-electron chi connectivity index (χ1n) is 5.33. The van der Waals surface area contributed by atoms with Crippen LogP contribution in [0.15, 0.2) is 18.3 Å². The van der Waals surface area contributed by atoms with Gasteiger partial charge >= 0.3 is 0 Å². The minimum absolute atomic E-state index is 0.769. The van der Waals surface area contributed by atoms with E-state index in [-0.39, 0.29) is 0 Å². The van der Waals surface area contributed by atoms with Gasteiger partial charge in [-0.15, -0.1) is 0 Å². The molecule has 1 unspecified atom stereocenters. The quantitative estimate of drug-likeness (QED) is 0.837. The molecule has 1 N–H and O–H groups in total. The Morgan fingerprint density at radius 3 is 3.33 bits per heavy atom. The zero-order valence-corrected chi connectivity index (χ0v) is 9.26. The van der Waals surface area contributed by atoms with Crippen molar-refractivity contribution in [2.75, 3.05) is 13.1 Å². The average molecular weight is 219 g/mol. The molecule has 0 aliphatic carbocycles. The number of rotatable bonds is 2. The van der Waals surface area contributed by atoms with Gasteiger partial charge in [0.25, 0.3) is 0 Å². The first-order valence-corrected chi connectivity index (χ1v) is 6.14. The number of hydrogen-bond donors (Lipinski definition) is 1. The maximum absolute atomic E-state index is 4.60. The Bertz CT molecular complexity index is 427. The minimum atomic E-state index is 0.769. The summed E-state index contributed by atoms with van der Waals surface area (Å²) in [4.78, 5) is 9.99. The lowest BCUT2D eigenvalue weighted by Crippen LogP contribution is -2.10. The Morgan fingerprint density at radius 2 is 2.53 bits per heavy atom. The molecule has 78 valence electrons. The highest BCUT2D eigenvalue weighted by atomic mass is 32.1. The van der Waals surface area contributed by atoms with Gasteiger partial charge in [-0.2, -0.15) is 0 Å². The van der Waals surface area contributed by atoms with Crippen molar-refractivity contribution in [3.05, 3.63) is 23.3 Å². The van der Waals surface area contributed by atoms with Gasteiger partial charge in [0.05, 0.1) is 5.01 Å². The van der Waals surface area contributed by atoms with E-state index in [1.54, 1.807) is 11.3 Å². The van der Waals surface area contributed by atoms with E-state index < -0.39 is 0 Å². The van der Waals surface area contributed by atoms with Gasteiger partial charge in [0.1, 0.15) is 10.3 Å². The predicted octanol–water partition coefficient (Wildman–Crippen LogP) is 1.84. The topological polar surface area (TPSA) is 37.8 Å². The molecule has 2 aromatic rings. The van der Waals surface area contributed by atoms with E-state index >= 15 is 0 Å². The molecule has 0 amide bonds. The third kappa shape index (κ3) is 1.87. The van der Waals surface area contributed by atoms with Crippen LogP contribution in [-0.2, 0) is 6.42 Å². The molecule has 0 bridgehead atoms. The number of thiazole rings is 1. The van der Waals surface area contributed by atoms with Gasteiger partial charge in [-0.25, -0.2) is 9.97 Å². The molecule has 0 saturated carbocycles. The number of fused-ring (bicyclic) bond motifs is 1. The van der Waals surface area contributed by atoms with Crippen molar-refractivity contribution in [2.45, 2.75) is 12.8 Å². The molecule has 3 rings (SSSR count). The van der Waals surface area contributed by atoms with Crippen molar-refractivity contribution < 1.29 is 0 Å². The van der Waals surface area contributed by atoms with Gasteiger partial charge in [-0.1, -0.05) is 11.3 Å². The SMILES string of the molecule is c1cnc2sc(CC3CCNC3)nc2c1. The highest BCUT2D eigenvalue weighted by Gasteiger charge is 2.16. The maximum atomic E-state index is 4.60. The summed E-state index contributed by atoms with van der Waals surface area (Å²) in [5.74, 6) is 0.769. The number of pyridine rings is 1. The van der Waals surface area contributed by atoms with Gasteiger partial charge in [0, 0.05) is 12.6 Å². The fourth-order valence-electron chi connectivity index (χ4n) is 2.04. The van der Waals surface area contributed by atoms with Gasteiger partial charge in [-0.05, 0) is 37.6 Å². The van der Waals surface area contributed by atoms with Crippen LogP contribution >= 0.6 is 11.3 Å². The second-order valence-electron chi connectivity index (χ2n) is 4.00. The zero-order valence-electron chi connectivity index (χ0n) is 8.44. The summed E-state index contributed by atoms with van der Waals surface area (Å²) in [5.41, 5.74) is 1.04. The molecule has 4 heteroatoms. The van der Waals surface area contributed by atoms with Crippen LogP contribution in [-0.4, -0.2) is 23.1 Å². The molecule has 3 heterocycles. The van der Waals surface area contributed by atoms with E-state index in [1.165, 1.54) is 11.4 Å². The molecule has 0 aromatic carbocycles. The monoisotopic (exact) mass is 219 g/mol. The molecule has 0 spiro atoms. The molecule has 1 fully saturated rings. The third-order valence-corrected chi connectivity index (χ3v) is 3.84. The lowest BCUT2D eigenvalue weighted by molar-refractivity contribution is 0.579. The van der Waals surface area contributed by atoms with Crippen LogP contribution in [0.4, 0.5) is 0 Å². The molecule has 0 radical (unpaired) electrons. The second-order valence-corrected chi connectivity index (χ2v) is 5.06. The lowest BCUT2D eigenvalue weighted by Gasteiger charge is -2.03. The average Bonchev–Trinajstić information content (AvgIpc) is 2.86. The normalized spacial score (nSPS) is 21.2. The summed E-state index contributed by atoms with van der Waals surface area (Å²) >= 11 is 1.73. The van der Waals surface area contributed by atoms with Crippen LogP contribution in [0.3, 0.4) is 0 Å². The second kappa shape index (κ2) is 3.87. The standard InChI is InChI=1S/C11H13N3S/c1-2-9-11(13-4-1)15-10(14-9)6-8-3-5-12-7-8/h1-2,4,8,12H,3,5-7H2. The van der Waals surface area contributed by atoms with Crippen LogP contribution in [0, 0.1) is 5.92 Å². The minimum Gasteiger partial charge on any atom is -0.316 e. The fraction of sp³-hybridized carbons (Fsp3) is 0.455. The van der Waals surface area contributed by atoms with Gasteiger partial charge in [0.15, 0.2) is 0 Å². The summed E-state index contributed by atoms with van der Waals surface area (Å²) in [6.07, 6.45) is 4.22. The Morgan fingerprint density at radius 1 is 1.53 bits per heavy atom. The molecule has 2 aromatic heterocycles. The molecular formula is C11H13N3S. The van der Waals surface area contributed by atoms with Crippen LogP contribution in [0.1, 0.15) is 11.4 Å². The van der Waals surface area contributed by atoms with Crippen LogP contribution < -0.4 is 5.32 Å². The number of aromatic nitrogens is 2. The largest absolute Gasteiger partial charge is 0.316 e. The van der Waals surface area contributed by atoms with E-state index in [2.05, 4.69) is 15.3 Å². The van der Waals surface area contributed by atoms with Gasteiger partial charge in [0.2, 0.25) is 0 Å². The Balaban J connectivity index is 1.84. The van der Waals surface area contributed by atoms with Crippen molar-refractivity contribution in [1.29, 1.82) is 0 Å². The van der Waals surface area contributed by atoms with Crippen molar-refractivity contribution in [3.63, 3.8) is 0 Å². The van der Waals surface area contributed by atoms with E-state index in [9.17, 15) is 0 Å². The summed E-state index contributed by atoms with van der Waals surface area (Å²) < 4.78 is 0. The van der Waals surface area contributed by atoms with Crippen LogP contribution in [0.25, 0.3) is 10.3 Å². The van der Waals surface area contributed by atoms with E-state index in [4.69, 9.17) is 0 Å². The van der Waals surface area contributed by atoms with Gasteiger partial charge < -0.3 is 5.32 Å². The number of nitrogens with one attached hydrogen (secondary N) is 1. The highest BCUT2D eigenvalue weighted by Crippen LogP contribution is 2.23. The molecule has 15 heavy (non-hydrogen) atoms. The number of nitrogens with zero attached hydrogens (tertiary/aromatic N) is 2. The summed E-state index contributed by atoms with van der Waals surface area (Å²) in [5, 5.41) is 4.62. The van der Waals surface area contributed by atoms with Crippen molar-refractivity contribution in [1.82, 2.24) is 15.3 Å². The van der Waals surface area contributed by atoms with E-state index in [0.29, 0.717) is 0 Å². The lowest BCUT2D eigenvalue weighted by atomic mass is 10.1. The molecule has 1 saturated heterocycles. The summed E-state index contributed by atoms with van der Waals surface area (Å²) in [6.45, 7) is 2.30. The smallest absolute Gasteiger partial charge is 0.143 e. The zero-order chi connectivity index (χ0) is 10.1. The summed E-state index contributed by atoms with van der Waals surface area (Å²) in [7, 11) is 0. The van der Waals surface area contributed by atoms with Crippen molar-refractivity contribution >= 4 is 21.7 Å². The van der Waals surface area contributed by atoms with E-state index in [1.807, 2.05) is 18.3 Å². The Labute approximate surface area is 92.6 Å². The fourth-order valence-corrected chi connectivity index (χ4v) is 3.06. The van der Waals surface area contributed by atoms with Crippen molar-refractivity contribution in [3.8, 4) is 0 Å². The van der Waals surface area contributed by atoms with Crippen molar-refractivity contribution in [2.24, 2.45) is 5.92 Å². The van der Waals surface area contributed by atoms with Crippen LogP contribution in [0.2, 0.25) is 0 Å². The highest BCUT2D eigenvalue weighted by molar-refractivity contribution is 7.18. The third-order valence-electron chi connectivity index (χ3n) is 2.84. The van der Waals surface area contributed by atoms with E-state index in [0.717, 1.165) is 35.8 Å². The maximum Gasteiger partial charge on any atom is 0.143 e. The number of hydrogen-bond acceptors (Lipinski definition) is 4. The Kier molecular flexibility index (Phi) is 2.38.